The molecule has 0 aliphatic heterocycles. The van der Waals surface area contributed by atoms with Gasteiger partial charge in [0.25, 0.3) is 0 Å². The van der Waals surface area contributed by atoms with Gasteiger partial charge in [-0.15, -0.1) is 11.3 Å². The van der Waals surface area contributed by atoms with Crippen LogP contribution in [0.5, 0.6) is 0 Å². The van der Waals surface area contributed by atoms with Crippen LogP contribution in [0, 0.1) is 0 Å². The molecular formula is C16H21N5S. The fourth-order valence-electron chi connectivity index (χ4n) is 2.46. The van der Waals surface area contributed by atoms with Gasteiger partial charge in [0.05, 0.1) is 18.1 Å². The van der Waals surface area contributed by atoms with Gasteiger partial charge in [-0.1, -0.05) is 27.7 Å². The maximum absolute atomic E-state index is 4.77. The molecule has 22 heavy (non-hydrogen) atoms. The van der Waals surface area contributed by atoms with Gasteiger partial charge in [0.15, 0.2) is 5.65 Å². The summed E-state index contributed by atoms with van der Waals surface area (Å²) in [5, 5.41) is 3.06. The van der Waals surface area contributed by atoms with E-state index in [1.54, 1.807) is 11.3 Å². The summed E-state index contributed by atoms with van der Waals surface area (Å²) < 4.78 is 2.10. The standard InChI is InChI=1S/C16H21N5S/c1-9(2)12-13-15(20-14(19-12)10(3)4)21(8-18-13)11(5)16-17-6-7-22-16/h6-11H,1-5H3. The largest absolute Gasteiger partial charge is 0.305 e. The van der Waals surface area contributed by atoms with E-state index in [2.05, 4.69) is 49.2 Å². The van der Waals surface area contributed by atoms with Crippen molar-refractivity contribution in [2.45, 2.75) is 52.5 Å². The normalized spacial score (nSPS) is 13.4. The van der Waals surface area contributed by atoms with Crippen molar-refractivity contribution in [2.24, 2.45) is 0 Å². The molecule has 116 valence electrons. The molecule has 0 amide bonds. The smallest absolute Gasteiger partial charge is 0.164 e. The zero-order valence-corrected chi connectivity index (χ0v) is 14.4. The van der Waals surface area contributed by atoms with E-state index in [9.17, 15) is 0 Å². The minimum atomic E-state index is 0.125. The SMILES string of the molecule is CC(C)c1nc(C(C)C)c2ncn(C(C)c3nccs3)c2n1. The van der Waals surface area contributed by atoms with Crippen molar-refractivity contribution in [1.82, 2.24) is 24.5 Å². The summed E-state index contributed by atoms with van der Waals surface area (Å²) in [6.45, 7) is 10.7. The van der Waals surface area contributed by atoms with E-state index in [-0.39, 0.29) is 6.04 Å². The van der Waals surface area contributed by atoms with Gasteiger partial charge >= 0.3 is 0 Å². The van der Waals surface area contributed by atoms with Crippen LogP contribution >= 0.6 is 11.3 Å². The Morgan fingerprint density at radius 1 is 1.00 bits per heavy atom. The molecule has 1 atom stereocenters. The van der Waals surface area contributed by atoms with E-state index in [0.29, 0.717) is 11.8 Å². The molecule has 0 radical (unpaired) electrons. The van der Waals surface area contributed by atoms with E-state index < -0.39 is 0 Å². The molecule has 0 fully saturated rings. The Hall–Kier alpha value is -1.82. The number of nitrogens with zero attached hydrogens (tertiary/aromatic N) is 5. The van der Waals surface area contributed by atoms with Crippen LogP contribution < -0.4 is 0 Å². The van der Waals surface area contributed by atoms with Crippen molar-refractivity contribution >= 4 is 22.5 Å². The Labute approximate surface area is 134 Å². The van der Waals surface area contributed by atoms with Crippen LogP contribution in [-0.4, -0.2) is 24.5 Å². The Balaban J connectivity index is 2.20. The summed E-state index contributed by atoms with van der Waals surface area (Å²) in [4.78, 5) is 18.5. The first-order valence-corrected chi connectivity index (χ1v) is 8.50. The highest BCUT2D eigenvalue weighted by Gasteiger charge is 2.20. The molecule has 0 aliphatic carbocycles. The van der Waals surface area contributed by atoms with Crippen LogP contribution in [0.4, 0.5) is 0 Å². The maximum atomic E-state index is 4.77. The first-order chi connectivity index (χ1) is 10.5. The lowest BCUT2D eigenvalue weighted by molar-refractivity contribution is 0.642. The Bertz CT molecular complexity index is 773. The lowest BCUT2D eigenvalue weighted by atomic mass is 10.1. The van der Waals surface area contributed by atoms with E-state index in [1.807, 2.05) is 17.9 Å². The molecule has 0 N–H and O–H groups in total. The number of hydrogen-bond acceptors (Lipinski definition) is 5. The number of hydrogen-bond donors (Lipinski definition) is 0. The van der Waals surface area contributed by atoms with E-state index in [4.69, 9.17) is 9.97 Å². The minimum Gasteiger partial charge on any atom is -0.305 e. The number of aromatic nitrogens is 5. The third kappa shape index (κ3) is 2.52. The fourth-order valence-corrected chi connectivity index (χ4v) is 3.15. The summed E-state index contributed by atoms with van der Waals surface area (Å²) in [5.41, 5.74) is 2.84. The first-order valence-electron chi connectivity index (χ1n) is 7.62. The molecule has 3 rings (SSSR count). The lowest BCUT2D eigenvalue weighted by Gasteiger charge is -2.14. The van der Waals surface area contributed by atoms with Gasteiger partial charge in [-0.2, -0.15) is 0 Å². The van der Waals surface area contributed by atoms with Crippen molar-refractivity contribution in [3.8, 4) is 0 Å². The molecule has 5 nitrogen and oxygen atoms in total. The van der Waals surface area contributed by atoms with Crippen LogP contribution in [0.1, 0.15) is 69.0 Å². The average molecular weight is 315 g/mol. The topological polar surface area (TPSA) is 56.5 Å². The molecule has 0 aromatic carbocycles. The second-order valence-electron chi connectivity index (χ2n) is 6.15. The molecule has 0 bridgehead atoms. The molecule has 3 heterocycles. The van der Waals surface area contributed by atoms with Gasteiger partial charge in [-0.05, 0) is 12.8 Å². The van der Waals surface area contributed by atoms with Crippen LogP contribution in [0.25, 0.3) is 11.2 Å². The lowest BCUT2D eigenvalue weighted by Crippen LogP contribution is -2.09. The molecule has 0 saturated heterocycles. The number of fused-ring (bicyclic) bond motifs is 1. The number of thiazole rings is 1. The Morgan fingerprint density at radius 3 is 2.36 bits per heavy atom. The predicted molar refractivity (Wildman–Crippen MR) is 89.4 cm³/mol. The Kier molecular flexibility index (Phi) is 3.95. The van der Waals surface area contributed by atoms with Crippen molar-refractivity contribution < 1.29 is 0 Å². The van der Waals surface area contributed by atoms with Crippen molar-refractivity contribution in [1.29, 1.82) is 0 Å². The van der Waals surface area contributed by atoms with Crippen LogP contribution in [0.2, 0.25) is 0 Å². The molecule has 6 heteroatoms. The van der Waals surface area contributed by atoms with E-state index >= 15 is 0 Å². The summed E-state index contributed by atoms with van der Waals surface area (Å²) in [5.74, 6) is 1.49. The van der Waals surface area contributed by atoms with Crippen molar-refractivity contribution in [2.75, 3.05) is 0 Å². The minimum absolute atomic E-state index is 0.125. The van der Waals surface area contributed by atoms with Gasteiger partial charge < -0.3 is 4.57 Å². The number of rotatable bonds is 4. The predicted octanol–water partition coefficient (Wildman–Crippen LogP) is 4.14. The highest BCUT2D eigenvalue weighted by Crippen LogP contribution is 2.28. The molecule has 0 saturated carbocycles. The molecular weight excluding hydrogens is 294 g/mol. The van der Waals surface area contributed by atoms with Gasteiger partial charge in [0.2, 0.25) is 0 Å². The zero-order chi connectivity index (χ0) is 15.9. The van der Waals surface area contributed by atoms with Gasteiger partial charge in [-0.25, -0.2) is 19.9 Å². The van der Waals surface area contributed by atoms with Crippen LogP contribution in [0.15, 0.2) is 17.9 Å². The quantitative estimate of drug-likeness (QED) is 0.726. The highest BCUT2D eigenvalue weighted by molar-refractivity contribution is 7.09. The van der Waals surface area contributed by atoms with Gasteiger partial charge in [0.1, 0.15) is 16.3 Å². The summed E-state index contributed by atoms with van der Waals surface area (Å²) in [6.07, 6.45) is 3.70. The molecule has 1 unspecified atom stereocenters. The first kappa shape index (κ1) is 15.1. The van der Waals surface area contributed by atoms with E-state index in [1.165, 1.54) is 0 Å². The second kappa shape index (κ2) is 5.76. The highest BCUT2D eigenvalue weighted by atomic mass is 32.1. The average Bonchev–Trinajstić information content (AvgIpc) is 3.14. The monoisotopic (exact) mass is 315 g/mol. The van der Waals surface area contributed by atoms with Gasteiger partial charge in [0, 0.05) is 17.5 Å². The van der Waals surface area contributed by atoms with Crippen LogP contribution in [-0.2, 0) is 0 Å². The molecule has 0 spiro atoms. The summed E-state index contributed by atoms with van der Waals surface area (Å²) in [6, 6.07) is 0.125. The second-order valence-corrected chi connectivity index (χ2v) is 7.07. The molecule has 0 aliphatic rings. The molecule has 3 aromatic heterocycles. The molecule has 3 aromatic rings. The Morgan fingerprint density at radius 2 is 1.77 bits per heavy atom. The third-order valence-corrected chi connectivity index (χ3v) is 4.70. The van der Waals surface area contributed by atoms with Crippen molar-refractivity contribution in [3.63, 3.8) is 0 Å². The van der Waals surface area contributed by atoms with Gasteiger partial charge in [-0.3, -0.25) is 0 Å². The third-order valence-electron chi connectivity index (χ3n) is 3.76. The summed E-state index contributed by atoms with van der Waals surface area (Å²) in [7, 11) is 0. The number of imidazole rings is 1. The zero-order valence-electron chi connectivity index (χ0n) is 13.6. The van der Waals surface area contributed by atoms with Crippen LogP contribution in [0.3, 0.4) is 0 Å². The maximum Gasteiger partial charge on any atom is 0.164 e. The fraction of sp³-hybridized carbons (Fsp3) is 0.500. The van der Waals surface area contributed by atoms with Crippen molar-refractivity contribution in [3.05, 3.63) is 34.4 Å². The van der Waals surface area contributed by atoms with E-state index in [0.717, 1.165) is 27.7 Å². The summed E-state index contributed by atoms with van der Waals surface area (Å²) >= 11 is 1.66.